The zero-order valence-electron chi connectivity index (χ0n) is 9.24. The fourth-order valence-electron chi connectivity index (χ4n) is 2.39. The SMILES string of the molecule is CC1CCCC(CNCc2nn[nH]n2)C1. The third-order valence-electron chi connectivity index (χ3n) is 3.15. The number of aromatic nitrogens is 4. The molecule has 1 heterocycles. The number of rotatable bonds is 4. The summed E-state index contributed by atoms with van der Waals surface area (Å²) in [6.07, 6.45) is 5.51. The summed E-state index contributed by atoms with van der Waals surface area (Å²) >= 11 is 0. The van der Waals surface area contributed by atoms with Gasteiger partial charge in [0, 0.05) is 0 Å². The Morgan fingerprint density at radius 2 is 2.40 bits per heavy atom. The van der Waals surface area contributed by atoms with Gasteiger partial charge in [0.1, 0.15) is 0 Å². The van der Waals surface area contributed by atoms with Crippen LogP contribution in [0.25, 0.3) is 0 Å². The van der Waals surface area contributed by atoms with Crippen molar-refractivity contribution < 1.29 is 0 Å². The molecular formula is C10H19N5. The normalized spacial score (nSPS) is 26.7. The van der Waals surface area contributed by atoms with Crippen molar-refractivity contribution in [3.05, 3.63) is 5.82 Å². The van der Waals surface area contributed by atoms with Crippen LogP contribution in [0.1, 0.15) is 38.4 Å². The first-order valence-electron chi connectivity index (χ1n) is 5.77. The number of tetrazole rings is 1. The lowest BCUT2D eigenvalue weighted by molar-refractivity contribution is 0.273. The van der Waals surface area contributed by atoms with E-state index in [1.165, 1.54) is 25.7 Å². The molecule has 0 bridgehead atoms. The fourth-order valence-corrected chi connectivity index (χ4v) is 2.39. The van der Waals surface area contributed by atoms with Crippen molar-refractivity contribution in [3.8, 4) is 0 Å². The summed E-state index contributed by atoms with van der Waals surface area (Å²) in [5, 5.41) is 17.2. The molecule has 0 aromatic carbocycles. The predicted molar refractivity (Wildman–Crippen MR) is 57.0 cm³/mol. The molecule has 0 amide bonds. The molecule has 0 aliphatic heterocycles. The van der Waals surface area contributed by atoms with E-state index in [1.807, 2.05) is 0 Å². The van der Waals surface area contributed by atoms with Gasteiger partial charge in [0.05, 0.1) is 6.54 Å². The van der Waals surface area contributed by atoms with Crippen LogP contribution in [0, 0.1) is 11.8 Å². The van der Waals surface area contributed by atoms with Gasteiger partial charge >= 0.3 is 0 Å². The van der Waals surface area contributed by atoms with Crippen molar-refractivity contribution in [3.63, 3.8) is 0 Å². The Kier molecular flexibility index (Phi) is 3.66. The minimum Gasteiger partial charge on any atom is -0.309 e. The van der Waals surface area contributed by atoms with Gasteiger partial charge in [-0.2, -0.15) is 5.21 Å². The lowest BCUT2D eigenvalue weighted by Gasteiger charge is -2.26. The summed E-state index contributed by atoms with van der Waals surface area (Å²) < 4.78 is 0. The second kappa shape index (κ2) is 5.21. The molecule has 1 aromatic heterocycles. The molecule has 0 radical (unpaired) electrons. The zero-order valence-corrected chi connectivity index (χ0v) is 9.24. The minimum absolute atomic E-state index is 0.724. The lowest BCUT2D eigenvalue weighted by atomic mass is 9.82. The molecule has 2 atom stereocenters. The summed E-state index contributed by atoms with van der Waals surface area (Å²) in [6.45, 7) is 4.16. The second-order valence-corrected chi connectivity index (χ2v) is 4.60. The standard InChI is InChI=1S/C10H19N5/c1-8-3-2-4-9(5-8)6-11-7-10-12-14-15-13-10/h8-9,11H,2-7H2,1H3,(H,12,13,14,15). The molecule has 1 aliphatic carbocycles. The summed E-state index contributed by atoms with van der Waals surface area (Å²) in [6, 6.07) is 0. The maximum atomic E-state index is 3.90. The maximum Gasteiger partial charge on any atom is 0.188 e. The van der Waals surface area contributed by atoms with Gasteiger partial charge in [0.2, 0.25) is 0 Å². The predicted octanol–water partition coefficient (Wildman–Crippen LogP) is 1.12. The number of nitrogens with one attached hydrogen (secondary N) is 2. The highest BCUT2D eigenvalue weighted by Gasteiger charge is 2.18. The largest absolute Gasteiger partial charge is 0.309 e. The first-order chi connectivity index (χ1) is 7.34. The Balaban J connectivity index is 1.65. The van der Waals surface area contributed by atoms with Crippen molar-refractivity contribution in [2.75, 3.05) is 6.54 Å². The van der Waals surface area contributed by atoms with E-state index in [0.29, 0.717) is 0 Å². The molecule has 15 heavy (non-hydrogen) atoms. The Morgan fingerprint density at radius 1 is 1.47 bits per heavy atom. The summed E-state index contributed by atoms with van der Waals surface area (Å²) in [7, 11) is 0. The average molecular weight is 209 g/mol. The lowest BCUT2D eigenvalue weighted by Crippen LogP contribution is -2.26. The molecule has 1 saturated carbocycles. The Hall–Kier alpha value is -0.970. The van der Waals surface area contributed by atoms with Gasteiger partial charge in [-0.1, -0.05) is 25.0 Å². The van der Waals surface area contributed by atoms with Crippen LogP contribution < -0.4 is 5.32 Å². The Labute approximate surface area is 90.0 Å². The van der Waals surface area contributed by atoms with Gasteiger partial charge in [0.25, 0.3) is 0 Å². The average Bonchev–Trinajstić information content (AvgIpc) is 2.71. The Bertz CT molecular complexity index is 271. The van der Waals surface area contributed by atoms with E-state index in [-0.39, 0.29) is 0 Å². The molecule has 2 rings (SSSR count). The van der Waals surface area contributed by atoms with E-state index < -0.39 is 0 Å². The van der Waals surface area contributed by atoms with Crippen LogP contribution in [0.3, 0.4) is 0 Å². The van der Waals surface area contributed by atoms with E-state index in [4.69, 9.17) is 0 Å². The monoisotopic (exact) mass is 209 g/mol. The number of hydrogen-bond donors (Lipinski definition) is 2. The van der Waals surface area contributed by atoms with Gasteiger partial charge in [-0.15, -0.1) is 10.2 Å². The topological polar surface area (TPSA) is 66.5 Å². The van der Waals surface area contributed by atoms with Crippen LogP contribution in [0.4, 0.5) is 0 Å². The Morgan fingerprint density at radius 3 is 3.13 bits per heavy atom. The van der Waals surface area contributed by atoms with Crippen molar-refractivity contribution in [2.24, 2.45) is 11.8 Å². The molecule has 1 aliphatic rings. The van der Waals surface area contributed by atoms with E-state index in [2.05, 4.69) is 32.9 Å². The highest BCUT2D eigenvalue weighted by atomic mass is 15.5. The summed E-state index contributed by atoms with van der Waals surface area (Å²) in [5.41, 5.74) is 0. The van der Waals surface area contributed by atoms with Crippen LogP contribution >= 0.6 is 0 Å². The van der Waals surface area contributed by atoms with Crippen LogP contribution in [-0.4, -0.2) is 27.2 Å². The number of hydrogen-bond acceptors (Lipinski definition) is 4. The van der Waals surface area contributed by atoms with Gasteiger partial charge in [-0.05, 0) is 31.2 Å². The fraction of sp³-hybridized carbons (Fsp3) is 0.900. The zero-order chi connectivity index (χ0) is 10.5. The van der Waals surface area contributed by atoms with Crippen molar-refractivity contribution in [1.29, 1.82) is 0 Å². The minimum atomic E-state index is 0.724. The first kappa shape index (κ1) is 10.5. The summed E-state index contributed by atoms with van der Waals surface area (Å²) in [5.74, 6) is 2.48. The van der Waals surface area contributed by atoms with Crippen LogP contribution in [0.5, 0.6) is 0 Å². The maximum absolute atomic E-state index is 3.90. The number of aromatic amines is 1. The third-order valence-corrected chi connectivity index (χ3v) is 3.15. The number of nitrogens with zero attached hydrogens (tertiary/aromatic N) is 3. The van der Waals surface area contributed by atoms with Crippen LogP contribution in [-0.2, 0) is 6.54 Å². The molecule has 84 valence electrons. The molecule has 0 saturated heterocycles. The first-order valence-corrected chi connectivity index (χ1v) is 5.77. The van der Waals surface area contributed by atoms with Gasteiger partial charge in [-0.25, -0.2) is 0 Å². The highest BCUT2D eigenvalue weighted by molar-refractivity contribution is 4.77. The molecular weight excluding hydrogens is 190 g/mol. The molecule has 1 aromatic rings. The number of H-pyrrole nitrogens is 1. The molecule has 5 heteroatoms. The van der Waals surface area contributed by atoms with E-state index in [9.17, 15) is 0 Å². The van der Waals surface area contributed by atoms with E-state index in [1.54, 1.807) is 0 Å². The van der Waals surface area contributed by atoms with E-state index >= 15 is 0 Å². The van der Waals surface area contributed by atoms with Gasteiger partial charge < -0.3 is 5.32 Å². The van der Waals surface area contributed by atoms with Crippen molar-refractivity contribution >= 4 is 0 Å². The van der Waals surface area contributed by atoms with Gasteiger partial charge in [0.15, 0.2) is 5.82 Å². The molecule has 2 N–H and O–H groups in total. The van der Waals surface area contributed by atoms with E-state index in [0.717, 1.165) is 30.7 Å². The van der Waals surface area contributed by atoms with Crippen LogP contribution in [0.2, 0.25) is 0 Å². The molecule has 0 spiro atoms. The highest BCUT2D eigenvalue weighted by Crippen LogP contribution is 2.27. The molecule has 2 unspecified atom stereocenters. The van der Waals surface area contributed by atoms with Crippen molar-refractivity contribution in [1.82, 2.24) is 25.9 Å². The quantitative estimate of drug-likeness (QED) is 0.779. The smallest absolute Gasteiger partial charge is 0.188 e. The third kappa shape index (κ3) is 3.27. The molecule has 1 fully saturated rings. The molecule has 5 nitrogen and oxygen atoms in total. The second-order valence-electron chi connectivity index (χ2n) is 4.60. The van der Waals surface area contributed by atoms with Crippen LogP contribution in [0.15, 0.2) is 0 Å². The summed E-state index contributed by atoms with van der Waals surface area (Å²) in [4.78, 5) is 0. The van der Waals surface area contributed by atoms with Crippen molar-refractivity contribution in [2.45, 2.75) is 39.2 Å². The van der Waals surface area contributed by atoms with Gasteiger partial charge in [-0.3, -0.25) is 0 Å².